The quantitative estimate of drug-likeness (QED) is 0.757. The molecule has 0 bridgehead atoms. The molecule has 1 atom stereocenters. The number of ether oxygens (including phenoxy) is 1. The maximum Gasteiger partial charge on any atom is 0.263 e. The van der Waals surface area contributed by atoms with E-state index in [1.807, 2.05) is 6.07 Å². The van der Waals surface area contributed by atoms with Gasteiger partial charge in [0, 0.05) is 38.6 Å². The van der Waals surface area contributed by atoms with Crippen LogP contribution in [0.5, 0.6) is 0 Å². The zero-order valence-electron chi connectivity index (χ0n) is 16.4. The first-order chi connectivity index (χ1) is 14.6. The number of piperazine rings is 1. The van der Waals surface area contributed by atoms with Crippen molar-refractivity contribution in [1.29, 1.82) is 0 Å². The number of pyridine rings is 1. The Kier molecular flexibility index (Phi) is 4.83. The molecule has 2 aromatic rings. The van der Waals surface area contributed by atoms with E-state index in [9.17, 15) is 9.18 Å². The number of amides is 1. The van der Waals surface area contributed by atoms with Crippen molar-refractivity contribution in [3.8, 4) is 0 Å². The maximum absolute atomic E-state index is 13.5. The molecule has 158 valence electrons. The molecule has 0 spiro atoms. The minimum Gasteiger partial charge on any atom is -0.381 e. The van der Waals surface area contributed by atoms with E-state index in [0.29, 0.717) is 11.7 Å². The molecule has 2 fully saturated rings. The van der Waals surface area contributed by atoms with E-state index < -0.39 is 12.1 Å². The molecule has 30 heavy (non-hydrogen) atoms. The number of nitrogens with zero attached hydrogens (tertiary/aromatic N) is 6. The lowest BCUT2D eigenvalue weighted by Gasteiger charge is -2.43. The Labute approximate surface area is 172 Å². The Balaban J connectivity index is 1.33. The second-order valence-corrected chi connectivity index (χ2v) is 7.62. The van der Waals surface area contributed by atoms with Gasteiger partial charge < -0.3 is 20.7 Å². The van der Waals surface area contributed by atoms with Crippen LogP contribution in [0, 0.1) is 0 Å². The molecule has 11 heteroatoms. The van der Waals surface area contributed by atoms with Gasteiger partial charge in [0.2, 0.25) is 0 Å². The Morgan fingerprint density at radius 2 is 2.07 bits per heavy atom. The minimum absolute atomic E-state index is 0.00916. The molecular weight excluding hydrogens is 391 g/mol. The number of fused-ring (bicyclic) bond motifs is 1. The van der Waals surface area contributed by atoms with Gasteiger partial charge in [-0.15, -0.1) is 0 Å². The molecule has 5 heterocycles. The first-order valence-corrected chi connectivity index (χ1v) is 9.97. The predicted molar refractivity (Wildman–Crippen MR) is 110 cm³/mol. The van der Waals surface area contributed by atoms with Crippen LogP contribution in [0.2, 0.25) is 0 Å². The van der Waals surface area contributed by atoms with Crippen molar-refractivity contribution in [2.45, 2.75) is 18.8 Å². The fraction of sp³-hybridized carbons (Fsp3) is 0.474. The SMILES string of the molecule is Nc1nn2c(c1C(=O)Nc1cnccc1N1CCN(C3COC3)CC1)N=CC(F)C2. The van der Waals surface area contributed by atoms with Crippen LogP contribution in [0.15, 0.2) is 23.5 Å². The van der Waals surface area contributed by atoms with E-state index >= 15 is 0 Å². The van der Waals surface area contributed by atoms with E-state index in [0.717, 1.165) is 51.3 Å². The Hall–Kier alpha value is -3.05. The number of nitrogen functional groups attached to an aromatic ring is 1. The molecule has 2 saturated heterocycles. The summed E-state index contributed by atoms with van der Waals surface area (Å²) in [4.78, 5) is 25.9. The summed E-state index contributed by atoms with van der Waals surface area (Å²) in [5, 5.41) is 6.94. The second-order valence-electron chi connectivity index (χ2n) is 7.62. The van der Waals surface area contributed by atoms with Gasteiger partial charge in [0.05, 0.1) is 43.4 Å². The molecule has 3 aliphatic rings. The summed E-state index contributed by atoms with van der Waals surface area (Å²) in [5.74, 6) is -0.154. The number of hydrogen-bond acceptors (Lipinski definition) is 8. The first kappa shape index (κ1) is 18.9. The summed E-state index contributed by atoms with van der Waals surface area (Å²) in [7, 11) is 0. The van der Waals surface area contributed by atoms with Crippen LogP contribution in [0.25, 0.3) is 0 Å². The third-order valence-corrected chi connectivity index (χ3v) is 5.72. The van der Waals surface area contributed by atoms with Crippen LogP contribution in [0.3, 0.4) is 0 Å². The third-order valence-electron chi connectivity index (χ3n) is 5.72. The van der Waals surface area contributed by atoms with Gasteiger partial charge in [-0.05, 0) is 6.07 Å². The van der Waals surface area contributed by atoms with Crippen molar-refractivity contribution in [1.82, 2.24) is 19.7 Å². The number of carbonyl (C=O) groups is 1. The number of rotatable bonds is 4. The van der Waals surface area contributed by atoms with Gasteiger partial charge in [0.1, 0.15) is 5.56 Å². The fourth-order valence-corrected chi connectivity index (χ4v) is 4.02. The summed E-state index contributed by atoms with van der Waals surface area (Å²) in [6.07, 6.45) is 3.24. The molecule has 1 amide bonds. The highest BCUT2D eigenvalue weighted by Gasteiger charge is 2.30. The molecule has 0 saturated carbocycles. The Morgan fingerprint density at radius 1 is 1.27 bits per heavy atom. The summed E-state index contributed by atoms with van der Waals surface area (Å²) in [6, 6.07) is 2.41. The average Bonchev–Trinajstić information content (AvgIpc) is 3.02. The van der Waals surface area contributed by atoms with Crippen LogP contribution in [0.4, 0.5) is 27.4 Å². The fourth-order valence-electron chi connectivity index (χ4n) is 4.02. The van der Waals surface area contributed by atoms with Gasteiger partial charge in [0.25, 0.3) is 5.91 Å². The number of aromatic nitrogens is 3. The van der Waals surface area contributed by atoms with Gasteiger partial charge in [-0.1, -0.05) is 0 Å². The highest BCUT2D eigenvalue weighted by molar-refractivity contribution is 6.11. The summed E-state index contributed by atoms with van der Waals surface area (Å²) >= 11 is 0. The number of aliphatic imine (C=N–C) groups is 1. The molecule has 3 N–H and O–H groups in total. The number of nitrogens with one attached hydrogen (secondary N) is 1. The largest absolute Gasteiger partial charge is 0.381 e. The number of hydrogen-bond donors (Lipinski definition) is 2. The lowest BCUT2D eigenvalue weighted by atomic mass is 10.1. The predicted octanol–water partition coefficient (Wildman–Crippen LogP) is 0.687. The van der Waals surface area contributed by atoms with E-state index in [-0.39, 0.29) is 23.7 Å². The third kappa shape index (κ3) is 3.39. The van der Waals surface area contributed by atoms with Gasteiger partial charge in [-0.2, -0.15) is 5.10 Å². The van der Waals surface area contributed by atoms with E-state index in [1.165, 1.54) is 4.68 Å². The zero-order valence-corrected chi connectivity index (χ0v) is 16.4. The standard InChI is InChI=1S/C19H23FN8O2/c20-12-7-23-18-16(17(21)25-28(18)9-12)19(29)24-14-8-22-2-1-15(14)27-5-3-26(4-6-27)13-10-30-11-13/h1-2,7-8,12-13H,3-6,9-11H2,(H2,21,25)(H,24,29). The number of halogens is 1. The van der Waals surface area contributed by atoms with Gasteiger partial charge in [-0.3, -0.25) is 14.7 Å². The zero-order chi connectivity index (χ0) is 20.7. The van der Waals surface area contributed by atoms with Crippen molar-refractivity contribution in [2.24, 2.45) is 4.99 Å². The first-order valence-electron chi connectivity index (χ1n) is 9.97. The second kappa shape index (κ2) is 7.65. The summed E-state index contributed by atoms with van der Waals surface area (Å²) in [6.45, 7) is 5.16. The van der Waals surface area contributed by atoms with Crippen molar-refractivity contribution < 1.29 is 13.9 Å². The van der Waals surface area contributed by atoms with E-state index in [1.54, 1.807) is 12.4 Å². The van der Waals surface area contributed by atoms with Gasteiger partial charge in [0.15, 0.2) is 17.8 Å². The topological polar surface area (TPSA) is 114 Å². The van der Waals surface area contributed by atoms with Crippen LogP contribution >= 0.6 is 0 Å². The van der Waals surface area contributed by atoms with Crippen LogP contribution in [-0.2, 0) is 11.3 Å². The van der Waals surface area contributed by atoms with E-state index in [4.69, 9.17) is 10.5 Å². The van der Waals surface area contributed by atoms with Crippen LogP contribution in [-0.4, -0.2) is 83.4 Å². The molecule has 1 unspecified atom stereocenters. The summed E-state index contributed by atoms with van der Waals surface area (Å²) in [5.41, 5.74) is 7.56. The van der Waals surface area contributed by atoms with Gasteiger partial charge >= 0.3 is 0 Å². The number of anilines is 3. The minimum atomic E-state index is -1.25. The van der Waals surface area contributed by atoms with Crippen molar-refractivity contribution in [2.75, 3.05) is 55.3 Å². The molecule has 3 aliphatic heterocycles. The van der Waals surface area contributed by atoms with Crippen molar-refractivity contribution >= 4 is 35.1 Å². The lowest BCUT2D eigenvalue weighted by molar-refractivity contribution is -0.0660. The average molecular weight is 414 g/mol. The molecule has 0 aliphatic carbocycles. The molecule has 2 aromatic heterocycles. The molecular formula is C19H23FN8O2. The highest BCUT2D eigenvalue weighted by Crippen LogP contribution is 2.31. The van der Waals surface area contributed by atoms with E-state index in [2.05, 4.69) is 30.2 Å². The number of carbonyl (C=O) groups excluding carboxylic acids is 1. The normalized spacial score (nSPS) is 21.9. The number of nitrogens with two attached hydrogens (primary N) is 1. The lowest BCUT2D eigenvalue weighted by Crippen LogP contribution is -2.56. The van der Waals surface area contributed by atoms with Crippen LogP contribution in [0.1, 0.15) is 10.4 Å². The Morgan fingerprint density at radius 3 is 2.80 bits per heavy atom. The summed E-state index contributed by atoms with van der Waals surface area (Å²) < 4.78 is 20.2. The maximum atomic E-state index is 13.5. The van der Waals surface area contributed by atoms with Crippen molar-refractivity contribution in [3.05, 3.63) is 24.0 Å². The van der Waals surface area contributed by atoms with Crippen molar-refractivity contribution in [3.63, 3.8) is 0 Å². The molecule has 10 nitrogen and oxygen atoms in total. The molecule has 5 rings (SSSR count). The van der Waals surface area contributed by atoms with Gasteiger partial charge in [-0.25, -0.2) is 14.1 Å². The van der Waals surface area contributed by atoms with Crippen LogP contribution < -0.4 is 16.0 Å². The molecule has 0 radical (unpaired) electrons. The highest BCUT2D eigenvalue weighted by atomic mass is 19.1. The Bertz CT molecular complexity index is 981. The number of alkyl halides is 1. The monoisotopic (exact) mass is 414 g/mol. The smallest absolute Gasteiger partial charge is 0.263 e. The molecule has 0 aromatic carbocycles.